The van der Waals surface area contributed by atoms with Gasteiger partial charge in [0, 0.05) is 13.1 Å². The summed E-state index contributed by atoms with van der Waals surface area (Å²) in [5.74, 6) is 5.09. The van der Waals surface area contributed by atoms with Crippen molar-refractivity contribution >= 4 is 5.97 Å². The summed E-state index contributed by atoms with van der Waals surface area (Å²) in [7, 11) is 0. The van der Waals surface area contributed by atoms with Crippen LogP contribution in [-0.4, -0.2) is 35.2 Å². The minimum absolute atomic E-state index is 0.422. The Morgan fingerprint density at radius 3 is 2.54 bits per heavy atom. The largest absolute Gasteiger partial charge is 0.480 e. The highest BCUT2D eigenvalue weighted by Crippen LogP contribution is 2.19. The van der Waals surface area contributed by atoms with E-state index in [9.17, 15) is 4.79 Å². The van der Waals surface area contributed by atoms with Gasteiger partial charge in [0.1, 0.15) is 6.04 Å². The highest BCUT2D eigenvalue weighted by molar-refractivity contribution is 5.73. The van der Waals surface area contributed by atoms with Gasteiger partial charge in [-0.15, -0.1) is 0 Å². The van der Waals surface area contributed by atoms with E-state index < -0.39 is 12.0 Å². The summed E-state index contributed by atoms with van der Waals surface area (Å²) in [6.07, 6.45) is 2.48. The van der Waals surface area contributed by atoms with Crippen molar-refractivity contribution in [2.75, 3.05) is 13.1 Å². The molecule has 0 aromatic heterocycles. The maximum Gasteiger partial charge on any atom is 0.320 e. The van der Waals surface area contributed by atoms with Crippen LogP contribution in [0.5, 0.6) is 0 Å². The second kappa shape index (κ2) is 4.55. The van der Waals surface area contributed by atoms with Gasteiger partial charge in [0.2, 0.25) is 0 Å². The fourth-order valence-electron chi connectivity index (χ4n) is 1.65. The van der Waals surface area contributed by atoms with Crippen LogP contribution in [-0.2, 0) is 4.79 Å². The lowest BCUT2D eigenvalue weighted by Gasteiger charge is -2.29. The number of nitrogens with two attached hydrogens (primary N) is 2. The molecule has 0 aromatic carbocycles. The second-order valence-corrected chi connectivity index (χ2v) is 3.66. The monoisotopic (exact) mass is 187 g/mol. The lowest BCUT2D eigenvalue weighted by atomic mass is 9.91. The molecule has 13 heavy (non-hydrogen) atoms. The van der Waals surface area contributed by atoms with Crippen molar-refractivity contribution in [3.8, 4) is 0 Å². The van der Waals surface area contributed by atoms with E-state index in [1.54, 1.807) is 5.01 Å². The van der Waals surface area contributed by atoms with Gasteiger partial charge in [-0.2, -0.15) is 0 Å². The zero-order valence-corrected chi connectivity index (χ0v) is 7.65. The van der Waals surface area contributed by atoms with Crippen LogP contribution < -0.4 is 11.6 Å². The number of hydrogen-bond acceptors (Lipinski definition) is 4. The van der Waals surface area contributed by atoms with Gasteiger partial charge in [0.25, 0.3) is 0 Å². The highest BCUT2D eigenvalue weighted by Gasteiger charge is 2.22. The number of carboxylic acids is 1. The summed E-state index contributed by atoms with van der Waals surface area (Å²) >= 11 is 0. The number of rotatable bonds is 3. The van der Waals surface area contributed by atoms with E-state index >= 15 is 0 Å². The van der Waals surface area contributed by atoms with Crippen molar-refractivity contribution < 1.29 is 9.90 Å². The van der Waals surface area contributed by atoms with Gasteiger partial charge in [0.05, 0.1) is 0 Å². The molecule has 76 valence electrons. The molecule has 1 saturated heterocycles. The number of hydrazine groups is 1. The minimum atomic E-state index is -0.907. The second-order valence-electron chi connectivity index (χ2n) is 3.66. The molecule has 1 heterocycles. The van der Waals surface area contributed by atoms with Gasteiger partial charge >= 0.3 is 5.97 Å². The molecule has 1 fully saturated rings. The van der Waals surface area contributed by atoms with Crippen molar-refractivity contribution in [3.63, 3.8) is 0 Å². The summed E-state index contributed by atoms with van der Waals surface area (Å²) in [6.45, 7) is 1.69. The molecule has 1 rings (SSSR count). The maximum atomic E-state index is 10.5. The molecule has 5 N–H and O–H groups in total. The predicted octanol–water partition coefficient (Wildman–Crippen LogP) is -0.626. The molecule has 1 atom stereocenters. The van der Waals surface area contributed by atoms with Gasteiger partial charge in [0.15, 0.2) is 0 Å². The summed E-state index contributed by atoms with van der Waals surface area (Å²) in [6, 6.07) is -0.714. The average molecular weight is 187 g/mol. The third-order valence-electron chi connectivity index (χ3n) is 2.55. The Morgan fingerprint density at radius 2 is 2.08 bits per heavy atom. The molecule has 5 heteroatoms. The number of aliphatic carboxylic acids is 1. The molecule has 1 aliphatic rings. The van der Waals surface area contributed by atoms with Crippen LogP contribution >= 0.6 is 0 Å². The van der Waals surface area contributed by atoms with Crippen LogP contribution in [0.4, 0.5) is 0 Å². The predicted molar refractivity (Wildman–Crippen MR) is 48.7 cm³/mol. The third-order valence-corrected chi connectivity index (χ3v) is 2.55. The number of hydrogen-bond donors (Lipinski definition) is 3. The van der Waals surface area contributed by atoms with Crippen molar-refractivity contribution in [2.45, 2.75) is 25.3 Å². The van der Waals surface area contributed by atoms with E-state index in [0.29, 0.717) is 12.3 Å². The number of carboxylic acid groups (broad SMARTS) is 1. The molecule has 0 radical (unpaired) electrons. The number of carbonyl (C=O) groups is 1. The van der Waals surface area contributed by atoms with E-state index in [4.69, 9.17) is 16.7 Å². The van der Waals surface area contributed by atoms with Gasteiger partial charge in [-0.25, -0.2) is 5.01 Å². The lowest BCUT2D eigenvalue weighted by Crippen LogP contribution is -2.41. The Kier molecular flexibility index (Phi) is 3.65. The van der Waals surface area contributed by atoms with Gasteiger partial charge < -0.3 is 10.8 Å². The van der Waals surface area contributed by atoms with E-state index in [2.05, 4.69) is 0 Å². The molecule has 0 aromatic rings. The fourth-order valence-corrected chi connectivity index (χ4v) is 1.65. The van der Waals surface area contributed by atoms with Crippen molar-refractivity contribution in [2.24, 2.45) is 17.5 Å². The first kappa shape index (κ1) is 10.4. The number of nitrogens with zero attached hydrogens (tertiary/aromatic N) is 1. The summed E-state index contributed by atoms with van der Waals surface area (Å²) in [4.78, 5) is 10.5. The Labute approximate surface area is 77.7 Å². The molecular weight excluding hydrogens is 170 g/mol. The SMILES string of the molecule is N[C@@H](CC1CCN(N)CC1)C(=O)O. The molecule has 0 amide bonds. The van der Waals surface area contributed by atoms with E-state index in [0.717, 1.165) is 25.9 Å². The normalized spacial score (nSPS) is 22.9. The van der Waals surface area contributed by atoms with Crippen molar-refractivity contribution in [1.82, 2.24) is 5.01 Å². The molecule has 0 bridgehead atoms. The quantitative estimate of drug-likeness (QED) is 0.512. The molecule has 0 unspecified atom stereocenters. The maximum absolute atomic E-state index is 10.5. The zero-order valence-electron chi connectivity index (χ0n) is 7.65. The van der Waals surface area contributed by atoms with Crippen LogP contribution in [0.2, 0.25) is 0 Å². The molecule has 1 aliphatic heterocycles. The summed E-state index contributed by atoms with van der Waals surface area (Å²) in [5.41, 5.74) is 5.44. The smallest absolute Gasteiger partial charge is 0.320 e. The fraction of sp³-hybridized carbons (Fsp3) is 0.875. The molecule has 5 nitrogen and oxygen atoms in total. The Bertz CT molecular complexity index is 178. The van der Waals surface area contributed by atoms with Crippen LogP contribution in [0, 0.1) is 5.92 Å². The van der Waals surface area contributed by atoms with E-state index in [-0.39, 0.29) is 0 Å². The molecule has 0 spiro atoms. The minimum Gasteiger partial charge on any atom is -0.480 e. The topological polar surface area (TPSA) is 92.6 Å². The first-order valence-corrected chi connectivity index (χ1v) is 4.57. The average Bonchev–Trinajstić information content (AvgIpc) is 2.08. The van der Waals surface area contributed by atoms with E-state index in [1.807, 2.05) is 0 Å². The molecular formula is C8H17N3O2. The Balaban J connectivity index is 2.26. The highest BCUT2D eigenvalue weighted by atomic mass is 16.4. The van der Waals surface area contributed by atoms with Gasteiger partial charge in [-0.3, -0.25) is 10.6 Å². The third kappa shape index (κ3) is 3.30. The van der Waals surface area contributed by atoms with Crippen molar-refractivity contribution in [1.29, 1.82) is 0 Å². The Hall–Kier alpha value is -0.650. The molecule has 0 aliphatic carbocycles. The lowest BCUT2D eigenvalue weighted by molar-refractivity contribution is -0.139. The summed E-state index contributed by atoms with van der Waals surface area (Å²) in [5, 5.41) is 10.4. The zero-order chi connectivity index (χ0) is 9.84. The van der Waals surface area contributed by atoms with E-state index in [1.165, 1.54) is 0 Å². The number of piperidine rings is 1. The Morgan fingerprint density at radius 1 is 1.54 bits per heavy atom. The van der Waals surface area contributed by atoms with Gasteiger partial charge in [-0.1, -0.05) is 0 Å². The summed E-state index contributed by atoms with van der Waals surface area (Å²) < 4.78 is 0. The molecule has 0 saturated carbocycles. The van der Waals surface area contributed by atoms with Gasteiger partial charge in [-0.05, 0) is 25.2 Å². The standard InChI is InChI=1S/C8H17N3O2/c9-7(8(12)13)5-6-1-3-11(10)4-2-6/h6-7H,1-5,9-10H2,(H,12,13)/t7-/m0/s1. The van der Waals surface area contributed by atoms with Crippen LogP contribution in [0.3, 0.4) is 0 Å². The van der Waals surface area contributed by atoms with Crippen molar-refractivity contribution in [3.05, 3.63) is 0 Å². The van der Waals surface area contributed by atoms with Crippen LogP contribution in [0.25, 0.3) is 0 Å². The first-order chi connectivity index (χ1) is 6.09. The van der Waals surface area contributed by atoms with Crippen LogP contribution in [0.15, 0.2) is 0 Å². The van der Waals surface area contributed by atoms with Crippen LogP contribution in [0.1, 0.15) is 19.3 Å². The first-order valence-electron chi connectivity index (χ1n) is 4.57.